The molecule has 1 aliphatic carbocycles. The molecule has 156 valence electrons. The Morgan fingerprint density at radius 2 is 2.00 bits per heavy atom. The molecule has 6 nitrogen and oxygen atoms in total. The maximum Gasteiger partial charge on any atom is 0.231 e. The first-order valence-electron chi connectivity index (χ1n) is 9.78. The van der Waals surface area contributed by atoms with Gasteiger partial charge in [-0.1, -0.05) is 30.3 Å². The van der Waals surface area contributed by atoms with Gasteiger partial charge in [0.15, 0.2) is 17.5 Å². The van der Waals surface area contributed by atoms with Gasteiger partial charge in [0.25, 0.3) is 0 Å². The van der Waals surface area contributed by atoms with Crippen LogP contribution in [0.15, 0.2) is 47.5 Å². The van der Waals surface area contributed by atoms with Gasteiger partial charge in [0.2, 0.25) is 6.79 Å². The number of nitrogens with zero attached hydrogens (tertiary/aromatic N) is 2. The highest BCUT2D eigenvalue weighted by atomic mass is 127. The number of benzene rings is 2. The van der Waals surface area contributed by atoms with E-state index in [1.165, 1.54) is 5.56 Å². The van der Waals surface area contributed by atoms with Gasteiger partial charge in [-0.25, -0.2) is 4.99 Å². The minimum atomic E-state index is -0.892. The SMILES string of the molecule is CCNC(=NCC1(O)CCc2ccccc21)N(C)Cc1ccc2c(c1)OCO2.I. The summed E-state index contributed by atoms with van der Waals surface area (Å²) in [5.41, 5.74) is 2.45. The number of aliphatic imine (C=N–C) groups is 1. The van der Waals surface area contributed by atoms with Gasteiger partial charge in [0.1, 0.15) is 5.60 Å². The van der Waals surface area contributed by atoms with Crippen LogP contribution in [0.3, 0.4) is 0 Å². The number of fused-ring (bicyclic) bond motifs is 2. The molecule has 1 heterocycles. The molecule has 29 heavy (non-hydrogen) atoms. The molecular weight excluding hydrogens is 481 g/mol. The van der Waals surface area contributed by atoms with E-state index >= 15 is 0 Å². The lowest BCUT2D eigenvalue weighted by molar-refractivity contribution is 0.0483. The highest BCUT2D eigenvalue weighted by Gasteiger charge is 2.36. The summed E-state index contributed by atoms with van der Waals surface area (Å²) in [6, 6.07) is 14.1. The number of aliphatic hydroxyl groups is 1. The Morgan fingerprint density at radius 1 is 1.21 bits per heavy atom. The minimum Gasteiger partial charge on any atom is -0.454 e. The van der Waals surface area contributed by atoms with Crippen molar-refractivity contribution >= 4 is 29.9 Å². The number of hydrogen-bond donors (Lipinski definition) is 2. The third-order valence-electron chi connectivity index (χ3n) is 5.37. The molecule has 0 radical (unpaired) electrons. The van der Waals surface area contributed by atoms with Crippen LogP contribution in [-0.2, 0) is 18.6 Å². The van der Waals surface area contributed by atoms with Crippen molar-refractivity contribution in [1.82, 2.24) is 10.2 Å². The van der Waals surface area contributed by atoms with Crippen LogP contribution in [0.2, 0.25) is 0 Å². The lowest BCUT2D eigenvalue weighted by atomic mass is 9.96. The van der Waals surface area contributed by atoms with E-state index in [9.17, 15) is 5.11 Å². The Hall–Kier alpha value is -2.00. The second kappa shape index (κ2) is 9.21. The maximum atomic E-state index is 11.2. The van der Waals surface area contributed by atoms with Gasteiger partial charge in [0.05, 0.1) is 6.54 Å². The zero-order valence-electron chi connectivity index (χ0n) is 16.9. The maximum absolute atomic E-state index is 11.2. The van der Waals surface area contributed by atoms with E-state index in [4.69, 9.17) is 14.5 Å². The molecule has 0 bridgehead atoms. The molecule has 2 aromatic rings. The van der Waals surface area contributed by atoms with Crippen LogP contribution in [-0.4, -0.2) is 42.9 Å². The summed E-state index contributed by atoms with van der Waals surface area (Å²) in [6.07, 6.45) is 1.60. The van der Waals surface area contributed by atoms with E-state index in [1.807, 2.05) is 50.4 Å². The van der Waals surface area contributed by atoms with Gasteiger partial charge in [-0.05, 0) is 48.6 Å². The third kappa shape index (κ3) is 4.61. The van der Waals surface area contributed by atoms with Crippen LogP contribution in [0.25, 0.3) is 0 Å². The highest BCUT2D eigenvalue weighted by molar-refractivity contribution is 14.0. The van der Waals surface area contributed by atoms with Crippen molar-refractivity contribution in [3.63, 3.8) is 0 Å². The standard InChI is InChI=1S/C22H27N3O3.HI/c1-3-23-21(24-14-22(26)11-10-17-6-4-5-7-18(17)22)25(2)13-16-8-9-19-20(12-16)28-15-27-19;/h4-9,12,26H,3,10-11,13-15H2,1-2H3,(H,23,24);1H. The van der Waals surface area contributed by atoms with Crippen molar-refractivity contribution in [3.05, 3.63) is 59.2 Å². The fourth-order valence-electron chi connectivity index (χ4n) is 3.90. The van der Waals surface area contributed by atoms with E-state index in [2.05, 4.69) is 16.3 Å². The molecule has 2 aliphatic rings. The van der Waals surface area contributed by atoms with Crippen LogP contribution in [0.4, 0.5) is 0 Å². The summed E-state index contributed by atoms with van der Waals surface area (Å²) in [7, 11) is 2.00. The number of halogens is 1. The molecule has 1 aliphatic heterocycles. The lowest BCUT2D eigenvalue weighted by Crippen LogP contribution is -2.40. The number of nitrogens with one attached hydrogen (secondary N) is 1. The van der Waals surface area contributed by atoms with Crippen molar-refractivity contribution in [3.8, 4) is 11.5 Å². The number of guanidine groups is 1. The van der Waals surface area contributed by atoms with Gasteiger partial charge >= 0.3 is 0 Å². The lowest BCUT2D eigenvalue weighted by Gasteiger charge is -2.26. The fraction of sp³-hybridized carbons (Fsp3) is 0.409. The Kier molecular flexibility index (Phi) is 6.89. The van der Waals surface area contributed by atoms with Crippen molar-refractivity contribution in [2.75, 3.05) is 26.9 Å². The van der Waals surface area contributed by atoms with Crippen LogP contribution >= 0.6 is 24.0 Å². The Bertz CT molecular complexity index is 889. The average molecular weight is 509 g/mol. The summed E-state index contributed by atoms with van der Waals surface area (Å²) in [4.78, 5) is 6.82. The molecule has 2 N–H and O–H groups in total. The highest BCUT2D eigenvalue weighted by Crippen LogP contribution is 2.37. The van der Waals surface area contributed by atoms with E-state index in [0.29, 0.717) is 19.5 Å². The zero-order chi connectivity index (χ0) is 19.6. The first-order chi connectivity index (χ1) is 13.6. The summed E-state index contributed by atoms with van der Waals surface area (Å²) < 4.78 is 10.9. The zero-order valence-corrected chi connectivity index (χ0v) is 19.2. The largest absolute Gasteiger partial charge is 0.454 e. The Balaban J connectivity index is 0.00000240. The number of aryl methyl sites for hydroxylation is 1. The molecule has 7 heteroatoms. The first kappa shape index (κ1) is 21.7. The predicted octanol–water partition coefficient (Wildman–Crippen LogP) is 3.26. The van der Waals surface area contributed by atoms with E-state index in [0.717, 1.165) is 41.6 Å². The van der Waals surface area contributed by atoms with Gasteiger partial charge in [0, 0.05) is 20.1 Å². The van der Waals surface area contributed by atoms with Crippen LogP contribution in [0.5, 0.6) is 11.5 Å². The number of ether oxygens (including phenoxy) is 2. The van der Waals surface area contributed by atoms with Gasteiger partial charge < -0.3 is 24.8 Å². The molecule has 0 aromatic heterocycles. The second-order valence-corrected chi connectivity index (χ2v) is 7.40. The average Bonchev–Trinajstić information content (AvgIpc) is 3.30. The van der Waals surface area contributed by atoms with Crippen molar-refractivity contribution < 1.29 is 14.6 Å². The van der Waals surface area contributed by atoms with Gasteiger partial charge in [-0.15, -0.1) is 24.0 Å². The minimum absolute atomic E-state index is 0. The molecule has 2 aromatic carbocycles. The molecule has 1 atom stereocenters. The monoisotopic (exact) mass is 509 g/mol. The van der Waals surface area contributed by atoms with Crippen LogP contribution < -0.4 is 14.8 Å². The molecule has 0 fully saturated rings. The Morgan fingerprint density at radius 3 is 2.83 bits per heavy atom. The summed E-state index contributed by atoms with van der Waals surface area (Å²) in [5.74, 6) is 2.34. The molecule has 0 saturated carbocycles. The smallest absolute Gasteiger partial charge is 0.231 e. The van der Waals surface area contributed by atoms with Gasteiger partial charge in [-0.3, -0.25) is 0 Å². The molecule has 0 saturated heterocycles. The molecule has 4 rings (SSSR count). The van der Waals surface area contributed by atoms with E-state index in [-0.39, 0.29) is 30.8 Å². The quantitative estimate of drug-likeness (QED) is 0.368. The summed E-state index contributed by atoms with van der Waals surface area (Å²) in [5, 5.41) is 14.5. The topological polar surface area (TPSA) is 66.3 Å². The van der Waals surface area contributed by atoms with Crippen LogP contribution in [0, 0.1) is 0 Å². The van der Waals surface area contributed by atoms with E-state index in [1.54, 1.807) is 0 Å². The first-order valence-corrected chi connectivity index (χ1v) is 9.78. The van der Waals surface area contributed by atoms with Crippen molar-refractivity contribution in [1.29, 1.82) is 0 Å². The second-order valence-electron chi connectivity index (χ2n) is 7.40. The third-order valence-corrected chi connectivity index (χ3v) is 5.37. The number of rotatable bonds is 5. The molecule has 1 unspecified atom stereocenters. The molecule has 0 spiro atoms. The molecular formula is C22H28IN3O3. The van der Waals surface area contributed by atoms with Crippen LogP contribution in [0.1, 0.15) is 30.0 Å². The Labute approximate surface area is 188 Å². The van der Waals surface area contributed by atoms with E-state index < -0.39 is 5.60 Å². The predicted molar refractivity (Wildman–Crippen MR) is 124 cm³/mol. The van der Waals surface area contributed by atoms with Crippen molar-refractivity contribution in [2.24, 2.45) is 4.99 Å². The fourth-order valence-corrected chi connectivity index (χ4v) is 3.90. The molecule has 0 amide bonds. The normalized spacial score (nSPS) is 19.5. The summed E-state index contributed by atoms with van der Waals surface area (Å²) >= 11 is 0. The summed E-state index contributed by atoms with van der Waals surface area (Å²) in [6.45, 7) is 4.11. The number of hydrogen-bond acceptors (Lipinski definition) is 4. The van der Waals surface area contributed by atoms with Gasteiger partial charge in [-0.2, -0.15) is 0 Å². The van der Waals surface area contributed by atoms with Crippen molar-refractivity contribution in [2.45, 2.75) is 31.9 Å².